The molecule has 0 amide bonds. The average Bonchev–Trinajstić information content (AvgIpc) is 2.38. The molecular formula is C15H24N2O2. The normalized spacial score (nSPS) is 16.2. The quantitative estimate of drug-likeness (QED) is 0.761. The number of unbranched alkanes of at least 4 members (excludes halogenated alkanes) is 1. The van der Waals surface area contributed by atoms with E-state index in [0.717, 1.165) is 50.4 Å². The number of rotatable bonds is 7. The van der Waals surface area contributed by atoms with Crippen molar-refractivity contribution in [3.63, 3.8) is 0 Å². The summed E-state index contributed by atoms with van der Waals surface area (Å²) in [7, 11) is 3.79. The molecule has 1 aliphatic heterocycles. The largest absolute Gasteiger partial charge is 0.493 e. The first-order valence-electron chi connectivity index (χ1n) is 6.95. The second-order valence-corrected chi connectivity index (χ2v) is 5.16. The van der Waals surface area contributed by atoms with Crippen molar-refractivity contribution in [1.29, 1.82) is 0 Å². The van der Waals surface area contributed by atoms with Crippen LogP contribution in [-0.4, -0.2) is 44.8 Å². The van der Waals surface area contributed by atoms with E-state index in [4.69, 9.17) is 15.2 Å². The smallest absolute Gasteiger partial charge is 0.164 e. The maximum absolute atomic E-state index is 6.11. The van der Waals surface area contributed by atoms with Crippen LogP contribution in [0.2, 0.25) is 0 Å². The Morgan fingerprint density at radius 2 is 2.11 bits per heavy atom. The van der Waals surface area contributed by atoms with Crippen LogP contribution in [0.25, 0.3) is 0 Å². The van der Waals surface area contributed by atoms with Crippen LogP contribution in [0.1, 0.15) is 18.4 Å². The zero-order valence-corrected chi connectivity index (χ0v) is 11.9. The molecule has 106 valence electrons. The lowest BCUT2D eigenvalue weighted by Gasteiger charge is -2.36. The van der Waals surface area contributed by atoms with Crippen LogP contribution in [0.3, 0.4) is 0 Å². The molecule has 1 aliphatic rings. The highest BCUT2D eigenvalue weighted by Gasteiger charge is 2.26. The fourth-order valence-corrected chi connectivity index (χ4v) is 2.40. The van der Waals surface area contributed by atoms with Gasteiger partial charge in [-0.05, 0) is 44.5 Å². The summed E-state index contributed by atoms with van der Waals surface area (Å²) in [4.78, 5) is 2.24. The number of hydrogen-bond donors (Lipinski definition) is 1. The minimum atomic E-state index is 0.287. The lowest BCUT2D eigenvalue weighted by molar-refractivity contribution is 0.0362. The lowest BCUT2D eigenvalue weighted by Crippen LogP contribution is -2.51. The van der Waals surface area contributed by atoms with Crippen molar-refractivity contribution in [2.45, 2.75) is 25.4 Å². The zero-order valence-electron chi connectivity index (χ0n) is 11.9. The summed E-state index contributed by atoms with van der Waals surface area (Å²) in [5, 5.41) is 0. The van der Waals surface area contributed by atoms with Crippen molar-refractivity contribution in [1.82, 2.24) is 4.90 Å². The molecule has 19 heavy (non-hydrogen) atoms. The van der Waals surface area contributed by atoms with Gasteiger partial charge >= 0.3 is 0 Å². The van der Waals surface area contributed by atoms with Crippen molar-refractivity contribution in [2.75, 3.05) is 33.8 Å². The maximum Gasteiger partial charge on any atom is 0.164 e. The highest BCUT2D eigenvalue weighted by molar-refractivity contribution is 5.47. The van der Waals surface area contributed by atoms with Crippen LogP contribution in [0.5, 0.6) is 11.5 Å². The average molecular weight is 264 g/mol. The number of hydrogen-bond acceptors (Lipinski definition) is 4. The summed E-state index contributed by atoms with van der Waals surface area (Å²) < 4.78 is 11.5. The Bertz CT molecular complexity index is 403. The first-order chi connectivity index (χ1) is 9.24. The van der Waals surface area contributed by atoms with Crippen molar-refractivity contribution >= 4 is 0 Å². The Hall–Kier alpha value is -1.26. The molecule has 1 fully saturated rings. The third-order valence-electron chi connectivity index (χ3n) is 3.50. The molecule has 0 bridgehead atoms. The second kappa shape index (κ2) is 6.78. The number of nitrogens with zero attached hydrogens (tertiary/aromatic N) is 1. The molecule has 0 saturated carbocycles. The molecule has 2 rings (SSSR count). The molecular weight excluding hydrogens is 240 g/mol. The van der Waals surface area contributed by atoms with E-state index in [2.05, 4.69) is 18.0 Å². The van der Waals surface area contributed by atoms with Crippen LogP contribution in [-0.2, 0) is 6.42 Å². The highest BCUT2D eigenvalue weighted by atomic mass is 16.5. The number of methoxy groups -OCH3 is 1. The number of likely N-dealkylation sites (N-methyl/N-ethyl adjacent to an activating group) is 1. The Kier molecular flexibility index (Phi) is 5.05. The Labute approximate surface area is 115 Å². The van der Waals surface area contributed by atoms with E-state index >= 15 is 0 Å². The number of aryl methyl sites for hydroxylation is 1. The third kappa shape index (κ3) is 3.61. The number of para-hydroxylation sites is 1. The number of ether oxygens (including phenoxy) is 2. The van der Waals surface area contributed by atoms with Crippen LogP contribution in [0.15, 0.2) is 18.2 Å². The van der Waals surface area contributed by atoms with E-state index in [1.807, 2.05) is 12.1 Å². The van der Waals surface area contributed by atoms with Crippen LogP contribution in [0.4, 0.5) is 0 Å². The fraction of sp³-hybridized carbons (Fsp3) is 0.600. The minimum absolute atomic E-state index is 0.287. The molecule has 1 saturated heterocycles. The van der Waals surface area contributed by atoms with Crippen molar-refractivity contribution in [3.05, 3.63) is 23.8 Å². The van der Waals surface area contributed by atoms with E-state index in [0.29, 0.717) is 0 Å². The predicted molar refractivity (Wildman–Crippen MR) is 76.9 cm³/mol. The molecule has 0 aromatic heterocycles. The lowest BCUT2D eigenvalue weighted by atomic mass is 10.1. The minimum Gasteiger partial charge on any atom is -0.493 e. The monoisotopic (exact) mass is 264 g/mol. The standard InChI is InChI=1S/C15H24N2O2/c1-17-10-13(11-17)19-15-12(6-3-4-9-16)7-5-8-14(15)18-2/h5,7-8,13H,3-4,6,9-11,16H2,1-2H3. The molecule has 2 N–H and O–H groups in total. The van der Waals surface area contributed by atoms with Crippen LogP contribution in [0, 0.1) is 0 Å². The molecule has 0 atom stereocenters. The zero-order chi connectivity index (χ0) is 13.7. The summed E-state index contributed by atoms with van der Waals surface area (Å²) in [5.74, 6) is 1.75. The summed E-state index contributed by atoms with van der Waals surface area (Å²) in [5.41, 5.74) is 6.78. The Balaban J connectivity index is 2.07. The van der Waals surface area contributed by atoms with Crippen molar-refractivity contribution in [3.8, 4) is 11.5 Å². The second-order valence-electron chi connectivity index (χ2n) is 5.16. The van der Waals surface area contributed by atoms with Gasteiger partial charge in [0, 0.05) is 13.1 Å². The van der Waals surface area contributed by atoms with E-state index in [9.17, 15) is 0 Å². The highest BCUT2D eigenvalue weighted by Crippen LogP contribution is 2.33. The molecule has 1 heterocycles. The number of nitrogens with two attached hydrogens (primary N) is 1. The summed E-state index contributed by atoms with van der Waals surface area (Å²) in [6, 6.07) is 6.11. The first kappa shape index (κ1) is 14.2. The van der Waals surface area contributed by atoms with E-state index in [-0.39, 0.29) is 6.10 Å². The SMILES string of the molecule is COc1cccc(CCCCN)c1OC1CN(C)C1. The van der Waals surface area contributed by atoms with Gasteiger partial charge in [0.2, 0.25) is 0 Å². The Morgan fingerprint density at radius 3 is 2.74 bits per heavy atom. The third-order valence-corrected chi connectivity index (χ3v) is 3.50. The molecule has 1 aromatic carbocycles. The topological polar surface area (TPSA) is 47.7 Å². The fourth-order valence-electron chi connectivity index (χ4n) is 2.40. The van der Waals surface area contributed by atoms with Gasteiger partial charge in [-0.15, -0.1) is 0 Å². The van der Waals surface area contributed by atoms with E-state index in [1.54, 1.807) is 7.11 Å². The molecule has 4 nitrogen and oxygen atoms in total. The van der Waals surface area contributed by atoms with Crippen LogP contribution < -0.4 is 15.2 Å². The van der Waals surface area contributed by atoms with Gasteiger partial charge in [-0.25, -0.2) is 0 Å². The molecule has 1 aromatic rings. The van der Waals surface area contributed by atoms with E-state index < -0.39 is 0 Å². The molecule has 4 heteroatoms. The molecule has 0 unspecified atom stereocenters. The van der Waals surface area contributed by atoms with Gasteiger partial charge in [-0.1, -0.05) is 12.1 Å². The molecule has 0 aliphatic carbocycles. The summed E-state index contributed by atoms with van der Waals surface area (Å²) in [6.45, 7) is 2.72. The first-order valence-corrected chi connectivity index (χ1v) is 6.95. The molecule has 0 radical (unpaired) electrons. The van der Waals surface area contributed by atoms with Gasteiger partial charge in [-0.3, -0.25) is 4.90 Å². The number of benzene rings is 1. The van der Waals surface area contributed by atoms with Gasteiger partial charge in [-0.2, -0.15) is 0 Å². The van der Waals surface area contributed by atoms with Gasteiger partial charge in [0.1, 0.15) is 6.10 Å². The predicted octanol–water partition coefficient (Wildman–Crippen LogP) is 1.67. The maximum atomic E-state index is 6.11. The van der Waals surface area contributed by atoms with Crippen molar-refractivity contribution in [2.24, 2.45) is 5.73 Å². The summed E-state index contributed by atoms with van der Waals surface area (Å²) in [6.07, 6.45) is 3.41. The molecule has 0 spiro atoms. The summed E-state index contributed by atoms with van der Waals surface area (Å²) >= 11 is 0. The van der Waals surface area contributed by atoms with Crippen molar-refractivity contribution < 1.29 is 9.47 Å². The van der Waals surface area contributed by atoms with Gasteiger partial charge < -0.3 is 15.2 Å². The Morgan fingerprint density at radius 1 is 1.32 bits per heavy atom. The van der Waals surface area contributed by atoms with Gasteiger partial charge in [0.25, 0.3) is 0 Å². The number of likely N-dealkylation sites (tertiary alicyclic amines) is 1. The van der Waals surface area contributed by atoms with Gasteiger partial charge in [0.15, 0.2) is 11.5 Å². The van der Waals surface area contributed by atoms with Gasteiger partial charge in [0.05, 0.1) is 7.11 Å². The van der Waals surface area contributed by atoms with Crippen LogP contribution >= 0.6 is 0 Å². The van der Waals surface area contributed by atoms with E-state index in [1.165, 1.54) is 5.56 Å².